The van der Waals surface area contributed by atoms with Gasteiger partial charge in [-0.25, -0.2) is 0 Å². The third-order valence-corrected chi connectivity index (χ3v) is 2.54. The molecule has 1 aromatic rings. The second kappa shape index (κ2) is 5.66. The Morgan fingerprint density at radius 2 is 2.27 bits per heavy atom. The van der Waals surface area contributed by atoms with Gasteiger partial charge in [0.1, 0.15) is 0 Å². The first kappa shape index (κ1) is 11.9. The summed E-state index contributed by atoms with van der Waals surface area (Å²) >= 11 is 0. The second-order valence-electron chi connectivity index (χ2n) is 3.91. The van der Waals surface area contributed by atoms with E-state index in [1.165, 1.54) is 0 Å². The smallest absolute Gasteiger partial charge is 0.240 e. The van der Waals surface area contributed by atoms with Crippen molar-refractivity contribution in [1.29, 1.82) is 0 Å². The third kappa shape index (κ3) is 3.83. The topological polar surface area (TPSA) is 51.0 Å². The molecular formula is C11H19N3O. The Bertz CT molecular complexity index is 309. The zero-order valence-corrected chi connectivity index (χ0v) is 9.66. The van der Waals surface area contributed by atoms with Crippen molar-refractivity contribution in [2.75, 3.05) is 0 Å². The number of nitrogens with one attached hydrogen (secondary N) is 1. The highest BCUT2D eigenvalue weighted by Gasteiger charge is 2.11. The molecule has 0 aliphatic carbocycles. The summed E-state index contributed by atoms with van der Waals surface area (Å²) < 4.78 is 5.01. The lowest BCUT2D eigenvalue weighted by Gasteiger charge is -2.18. The molecule has 0 saturated carbocycles. The molecule has 0 aliphatic heterocycles. The summed E-state index contributed by atoms with van der Waals surface area (Å²) in [7, 11) is 0. The molecule has 2 unspecified atom stereocenters. The molecule has 4 heteroatoms. The Labute approximate surface area is 90.8 Å². The van der Waals surface area contributed by atoms with E-state index in [0.717, 1.165) is 6.42 Å². The summed E-state index contributed by atoms with van der Waals surface area (Å²) in [4.78, 5) is 4.13. The quantitative estimate of drug-likeness (QED) is 0.729. The number of rotatable bonds is 6. The van der Waals surface area contributed by atoms with Gasteiger partial charge in [0.15, 0.2) is 5.82 Å². The van der Waals surface area contributed by atoms with E-state index in [0.29, 0.717) is 30.2 Å². The Morgan fingerprint density at radius 1 is 1.53 bits per heavy atom. The van der Waals surface area contributed by atoms with Gasteiger partial charge in [0, 0.05) is 6.04 Å². The molecular weight excluding hydrogens is 190 g/mol. The van der Waals surface area contributed by atoms with Gasteiger partial charge in [-0.15, -0.1) is 6.58 Å². The van der Waals surface area contributed by atoms with Crippen LogP contribution in [0.15, 0.2) is 17.2 Å². The lowest BCUT2D eigenvalue weighted by Crippen LogP contribution is -2.31. The summed E-state index contributed by atoms with van der Waals surface area (Å²) in [5, 5.41) is 7.09. The van der Waals surface area contributed by atoms with Gasteiger partial charge < -0.3 is 9.84 Å². The predicted octanol–water partition coefficient (Wildman–Crippen LogP) is 2.07. The lowest BCUT2D eigenvalue weighted by atomic mass is 10.00. The monoisotopic (exact) mass is 209 g/mol. The van der Waals surface area contributed by atoms with Gasteiger partial charge >= 0.3 is 0 Å². The van der Waals surface area contributed by atoms with Crippen LogP contribution in [0.2, 0.25) is 0 Å². The van der Waals surface area contributed by atoms with E-state index in [9.17, 15) is 0 Å². The highest BCUT2D eigenvalue weighted by molar-refractivity contribution is 4.84. The Kier molecular flexibility index (Phi) is 4.49. The standard InChI is InChI=1S/C11H19N3O/c1-5-6-8(2)9(3)12-7-11-13-10(4)14-15-11/h5,8-9,12H,1,6-7H2,2-4H3. The lowest BCUT2D eigenvalue weighted by molar-refractivity contribution is 0.335. The van der Waals surface area contributed by atoms with Crippen LogP contribution in [0.1, 0.15) is 32.0 Å². The largest absolute Gasteiger partial charge is 0.338 e. The summed E-state index contributed by atoms with van der Waals surface area (Å²) in [5.41, 5.74) is 0. The molecule has 15 heavy (non-hydrogen) atoms. The van der Waals surface area contributed by atoms with Crippen LogP contribution < -0.4 is 5.32 Å². The Balaban J connectivity index is 2.33. The first-order valence-electron chi connectivity index (χ1n) is 5.27. The summed E-state index contributed by atoms with van der Waals surface area (Å²) in [6, 6.07) is 0.412. The van der Waals surface area contributed by atoms with Crippen LogP contribution in [0.4, 0.5) is 0 Å². The number of hydrogen-bond donors (Lipinski definition) is 1. The van der Waals surface area contributed by atoms with E-state index in [-0.39, 0.29) is 0 Å². The molecule has 0 radical (unpaired) electrons. The minimum absolute atomic E-state index is 0.412. The molecule has 1 N–H and O–H groups in total. The molecule has 0 saturated heterocycles. The van der Waals surface area contributed by atoms with E-state index in [2.05, 4.69) is 35.9 Å². The fourth-order valence-corrected chi connectivity index (χ4v) is 1.33. The van der Waals surface area contributed by atoms with Crippen molar-refractivity contribution < 1.29 is 4.52 Å². The van der Waals surface area contributed by atoms with Gasteiger partial charge in [-0.2, -0.15) is 4.98 Å². The number of hydrogen-bond acceptors (Lipinski definition) is 4. The Morgan fingerprint density at radius 3 is 2.80 bits per heavy atom. The molecule has 0 aromatic carbocycles. The van der Waals surface area contributed by atoms with Crippen molar-refractivity contribution in [2.45, 2.75) is 39.8 Å². The molecule has 0 amide bonds. The first-order valence-corrected chi connectivity index (χ1v) is 5.27. The third-order valence-electron chi connectivity index (χ3n) is 2.54. The van der Waals surface area contributed by atoms with Crippen molar-refractivity contribution in [1.82, 2.24) is 15.5 Å². The van der Waals surface area contributed by atoms with Crippen LogP contribution in [0.25, 0.3) is 0 Å². The normalized spacial score (nSPS) is 14.9. The maximum atomic E-state index is 5.01. The molecule has 1 heterocycles. The van der Waals surface area contributed by atoms with Crippen molar-refractivity contribution in [3.05, 3.63) is 24.4 Å². The van der Waals surface area contributed by atoms with Gasteiger partial charge in [-0.3, -0.25) is 0 Å². The molecule has 4 nitrogen and oxygen atoms in total. The highest BCUT2D eigenvalue weighted by Crippen LogP contribution is 2.08. The number of aromatic nitrogens is 2. The van der Waals surface area contributed by atoms with Gasteiger partial charge in [0.25, 0.3) is 0 Å². The van der Waals surface area contributed by atoms with Crippen LogP contribution >= 0.6 is 0 Å². The van der Waals surface area contributed by atoms with E-state index >= 15 is 0 Å². The van der Waals surface area contributed by atoms with Gasteiger partial charge in [-0.05, 0) is 26.2 Å². The fourth-order valence-electron chi connectivity index (χ4n) is 1.33. The van der Waals surface area contributed by atoms with Gasteiger partial charge in [-0.1, -0.05) is 18.2 Å². The molecule has 0 spiro atoms. The molecule has 0 bridgehead atoms. The zero-order chi connectivity index (χ0) is 11.3. The highest BCUT2D eigenvalue weighted by atomic mass is 16.5. The minimum atomic E-state index is 0.412. The van der Waals surface area contributed by atoms with Crippen molar-refractivity contribution in [3.8, 4) is 0 Å². The predicted molar refractivity (Wildman–Crippen MR) is 59.3 cm³/mol. The summed E-state index contributed by atoms with van der Waals surface area (Å²) in [5.74, 6) is 1.88. The van der Waals surface area contributed by atoms with Crippen molar-refractivity contribution >= 4 is 0 Å². The minimum Gasteiger partial charge on any atom is -0.338 e. The average Bonchev–Trinajstić information content (AvgIpc) is 2.61. The van der Waals surface area contributed by atoms with Crippen LogP contribution in [0.3, 0.4) is 0 Å². The van der Waals surface area contributed by atoms with E-state index in [1.54, 1.807) is 0 Å². The first-order chi connectivity index (χ1) is 7.13. The van der Waals surface area contributed by atoms with Gasteiger partial charge in [0.05, 0.1) is 6.54 Å². The maximum absolute atomic E-state index is 5.01. The van der Waals surface area contributed by atoms with Crippen LogP contribution in [0, 0.1) is 12.8 Å². The van der Waals surface area contributed by atoms with Gasteiger partial charge in [0.2, 0.25) is 5.89 Å². The van der Waals surface area contributed by atoms with Crippen LogP contribution in [-0.2, 0) is 6.54 Å². The number of allylic oxidation sites excluding steroid dienone is 1. The molecule has 2 atom stereocenters. The van der Waals surface area contributed by atoms with E-state index in [4.69, 9.17) is 4.52 Å². The fraction of sp³-hybridized carbons (Fsp3) is 0.636. The maximum Gasteiger partial charge on any atom is 0.240 e. The summed E-state index contributed by atoms with van der Waals surface area (Å²) in [6.45, 7) is 10.5. The Hall–Kier alpha value is -1.16. The number of aryl methyl sites for hydroxylation is 1. The second-order valence-corrected chi connectivity index (χ2v) is 3.91. The number of nitrogens with zero attached hydrogens (tertiary/aromatic N) is 2. The molecule has 1 aromatic heterocycles. The van der Waals surface area contributed by atoms with Crippen LogP contribution in [-0.4, -0.2) is 16.2 Å². The van der Waals surface area contributed by atoms with Crippen molar-refractivity contribution in [3.63, 3.8) is 0 Å². The molecule has 0 fully saturated rings. The summed E-state index contributed by atoms with van der Waals surface area (Å²) in [6.07, 6.45) is 2.96. The molecule has 1 rings (SSSR count). The van der Waals surface area contributed by atoms with Crippen LogP contribution in [0.5, 0.6) is 0 Å². The SMILES string of the molecule is C=CCC(C)C(C)NCc1nc(C)no1. The van der Waals surface area contributed by atoms with Crippen molar-refractivity contribution in [2.24, 2.45) is 5.92 Å². The average molecular weight is 209 g/mol. The van der Waals surface area contributed by atoms with E-state index < -0.39 is 0 Å². The molecule has 84 valence electrons. The zero-order valence-electron chi connectivity index (χ0n) is 9.66. The van der Waals surface area contributed by atoms with E-state index in [1.807, 2.05) is 13.0 Å². The molecule has 0 aliphatic rings.